The van der Waals surface area contributed by atoms with E-state index in [-0.39, 0.29) is 5.95 Å². The Morgan fingerprint density at radius 1 is 1.50 bits per heavy atom. The number of nitrogen functional groups attached to an aromatic ring is 2. The lowest BCUT2D eigenvalue weighted by Crippen LogP contribution is -2.35. The molecular weight excluding hydrogens is 180 g/mol. The first-order valence-electron chi connectivity index (χ1n) is 4.86. The molecule has 5 N–H and O–H groups in total. The number of aromatic nitrogens is 3. The molecule has 2 atom stereocenters. The summed E-state index contributed by atoms with van der Waals surface area (Å²) < 4.78 is 1.40. The van der Waals surface area contributed by atoms with Gasteiger partial charge < -0.3 is 16.9 Å². The monoisotopic (exact) mass is 196 g/mol. The van der Waals surface area contributed by atoms with Crippen LogP contribution in [0.2, 0.25) is 0 Å². The first kappa shape index (κ1) is 9.26. The summed E-state index contributed by atoms with van der Waals surface area (Å²) in [6.45, 7) is 4.18. The molecule has 0 bridgehead atoms. The number of anilines is 1. The van der Waals surface area contributed by atoms with Crippen LogP contribution in [0.5, 0.6) is 0 Å². The lowest BCUT2D eigenvalue weighted by molar-refractivity contribution is 0.334. The van der Waals surface area contributed by atoms with Gasteiger partial charge in [0.2, 0.25) is 5.95 Å². The summed E-state index contributed by atoms with van der Waals surface area (Å²) in [6.07, 6.45) is 1.04. The van der Waals surface area contributed by atoms with Crippen LogP contribution >= 0.6 is 0 Å². The number of rotatable bonds is 1. The molecule has 1 aliphatic heterocycles. The molecule has 6 heteroatoms. The first-order chi connectivity index (χ1) is 6.70. The molecule has 6 nitrogen and oxygen atoms in total. The van der Waals surface area contributed by atoms with Gasteiger partial charge in [-0.2, -0.15) is 0 Å². The summed E-state index contributed by atoms with van der Waals surface area (Å²) in [5.74, 6) is 7.72. The van der Waals surface area contributed by atoms with Crippen molar-refractivity contribution >= 4 is 5.95 Å². The van der Waals surface area contributed by atoms with Crippen molar-refractivity contribution in [3.05, 3.63) is 5.82 Å². The van der Waals surface area contributed by atoms with Crippen molar-refractivity contribution in [1.29, 1.82) is 0 Å². The van der Waals surface area contributed by atoms with E-state index in [1.807, 2.05) is 0 Å². The Labute approximate surface area is 82.6 Å². The zero-order chi connectivity index (χ0) is 10.1. The van der Waals surface area contributed by atoms with E-state index in [0.717, 1.165) is 25.3 Å². The van der Waals surface area contributed by atoms with Crippen molar-refractivity contribution in [3.8, 4) is 0 Å². The summed E-state index contributed by atoms with van der Waals surface area (Å²) in [7, 11) is 0. The molecule has 1 aromatic rings. The van der Waals surface area contributed by atoms with Gasteiger partial charge in [0.25, 0.3) is 0 Å². The highest BCUT2D eigenvalue weighted by atomic mass is 15.4. The summed E-state index contributed by atoms with van der Waals surface area (Å²) in [5.41, 5.74) is 5.54. The van der Waals surface area contributed by atoms with E-state index in [1.165, 1.54) is 4.68 Å². The van der Waals surface area contributed by atoms with Crippen LogP contribution in [0, 0.1) is 5.92 Å². The van der Waals surface area contributed by atoms with Gasteiger partial charge in [0, 0.05) is 5.92 Å². The van der Waals surface area contributed by atoms with Crippen molar-refractivity contribution in [3.63, 3.8) is 0 Å². The van der Waals surface area contributed by atoms with Crippen molar-refractivity contribution in [1.82, 2.24) is 20.2 Å². The maximum atomic E-state index is 5.74. The molecule has 1 fully saturated rings. The van der Waals surface area contributed by atoms with Gasteiger partial charge in [-0.15, -0.1) is 10.2 Å². The SMILES string of the molecule is CC1CNCCC1c1nnc(N)n1N. The van der Waals surface area contributed by atoms with E-state index < -0.39 is 0 Å². The minimum Gasteiger partial charge on any atom is -0.366 e. The van der Waals surface area contributed by atoms with E-state index in [4.69, 9.17) is 11.6 Å². The molecule has 2 rings (SSSR count). The largest absolute Gasteiger partial charge is 0.366 e. The second kappa shape index (κ2) is 3.45. The van der Waals surface area contributed by atoms with Crippen molar-refractivity contribution in [2.75, 3.05) is 24.7 Å². The second-order valence-electron chi connectivity index (χ2n) is 3.86. The van der Waals surface area contributed by atoms with Gasteiger partial charge in [0.15, 0.2) is 5.82 Å². The van der Waals surface area contributed by atoms with Crippen LogP contribution in [-0.4, -0.2) is 28.0 Å². The molecule has 0 amide bonds. The topological polar surface area (TPSA) is 94.8 Å². The van der Waals surface area contributed by atoms with E-state index in [9.17, 15) is 0 Å². The van der Waals surface area contributed by atoms with Crippen LogP contribution < -0.4 is 16.9 Å². The maximum Gasteiger partial charge on any atom is 0.240 e. The maximum absolute atomic E-state index is 5.74. The fourth-order valence-electron chi connectivity index (χ4n) is 1.97. The fraction of sp³-hybridized carbons (Fsp3) is 0.750. The highest BCUT2D eigenvalue weighted by Gasteiger charge is 2.27. The molecular formula is C8H16N6. The summed E-state index contributed by atoms with van der Waals surface area (Å²) in [5, 5.41) is 11.1. The second-order valence-corrected chi connectivity index (χ2v) is 3.86. The van der Waals surface area contributed by atoms with Crippen molar-refractivity contribution in [2.24, 2.45) is 5.92 Å². The van der Waals surface area contributed by atoms with E-state index >= 15 is 0 Å². The average molecular weight is 196 g/mol. The van der Waals surface area contributed by atoms with E-state index in [1.54, 1.807) is 0 Å². The van der Waals surface area contributed by atoms with Gasteiger partial charge in [-0.1, -0.05) is 6.92 Å². The third kappa shape index (κ3) is 1.41. The van der Waals surface area contributed by atoms with Gasteiger partial charge in [0.1, 0.15) is 0 Å². The van der Waals surface area contributed by atoms with Gasteiger partial charge >= 0.3 is 0 Å². The van der Waals surface area contributed by atoms with Gasteiger partial charge in [0.05, 0.1) is 0 Å². The third-order valence-corrected chi connectivity index (χ3v) is 2.87. The highest BCUT2D eigenvalue weighted by Crippen LogP contribution is 2.28. The smallest absolute Gasteiger partial charge is 0.240 e. The van der Waals surface area contributed by atoms with Crippen LogP contribution in [-0.2, 0) is 0 Å². The molecule has 1 aliphatic rings. The molecule has 0 radical (unpaired) electrons. The normalized spacial score (nSPS) is 27.8. The molecule has 0 aromatic carbocycles. The number of hydrogen-bond acceptors (Lipinski definition) is 5. The lowest BCUT2D eigenvalue weighted by atomic mass is 9.87. The molecule has 0 spiro atoms. The summed E-state index contributed by atoms with van der Waals surface area (Å²) in [6, 6.07) is 0. The molecule has 14 heavy (non-hydrogen) atoms. The molecule has 2 unspecified atom stereocenters. The molecule has 0 saturated carbocycles. The van der Waals surface area contributed by atoms with Crippen LogP contribution in [0.1, 0.15) is 25.1 Å². The van der Waals surface area contributed by atoms with Gasteiger partial charge in [-0.3, -0.25) is 0 Å². The Morgan fingerprint density at radius 3 is 2.86 bits per heavy atom. The molecule has 1 aromatic heterocycles. The number of nitrogens with zero attached hydrogens (tertiary/aromatic N) is 3. The zero-order valence-corrected chi connectivity index (χ0v) is 8.27. The quantitative estimate of drug-likeness (QED) is 0.516. The van der Waals surface area contributed by atoms with Crippen LogP contribution in [0.15, 0.2) is 0 Å². The van der Waals surface area contributed by atoms with Gasteiger partial charge in [-0.05, 0) is 25.4 Å². The Morgan fingerprint density at radius 2 is 2.29 bits per heavy atom. The number of nitrogens with one attached hydrogen (secondary N) is 1. The Bertz CT molecular complexity index is 320. The Hall–Kier alpha value is -1.30. The molecule has 0 aliphatic carbocycles. The predicted molar refractivity (Wildman–Crippen MR) is 54.0 cm³/mol. The minimum absolute atomic E-state index is 0.283. The Balaban J connectivity index is 2.24. The van der Waals surface area contributed by atoms with Crippen molar-refractivity contribution in [2.45, 2.75) is 19.3 Å². The highest BCUT2D eigenvalue weighted by molar-refractivity contribution is 5.19. The standard InChI is InChI=1S/C8H16N6/c1-5-4-11-3-2-6(5)7-12-13-8(9)14(7)10/h5-6,11H,2-4,10H2,1H3,(H2,9,13). The first-order valence-corrected chi connectivity index (χ1v) is 4.86. The van der Waals surface area contributed by atoms with Gasteiger partial charge in [-0.25, -0.2) is 4.68 Å². The van der Waals surface area contributed by atoms with Crippen LogP contribution in [0.3, 0.4) is 0 Å². The minimum atomic E-state index is 0.283. The number of nitrogens with two attached hydrogens (primary N) is 2. The zero-order valence-electron chi connectivity index (χ0n) is 8.27. The number of hydrogen-bond donors (Lipinski definition) is 3. The predicted octanol–water partition coefficient (Wildman–Crippen LogP) is -0.713. The molecule has 2 heterocycles. The Kier molecular flexibility index (Phi) is 2.28. The van der Waals surface area contributed by atoms with Crippen LogP contribution in [0.25, 0.3) is 0 Å². The number of piperidine rings is 1. The van der Waals surface area contributed by atoms with E-state index in [2.05, 4.69) is 22.4 Å². The fourth-order valence-corrected chi connectivity index (χ4v) is 1.97. The summed E-state index contributed by atoms with van der Waals surface area (Å²) in [4.78, 5) is 0. The van der Waals surface area contributed by atoms with Crippen molar-refractivity contribution < 1.29 is 0 Å². The summed E-state index contributed by atoms with van der Waals surface area (Å²) >= 11 is 0. The van der Waals surface area contributed by atoms with E-state index in [0.29, 0.717) is 11.8 Å². The molecule has 78 valence electrons. The molecule has 1 saturated heterocycles. The third-order valence-electron chi connectivity index (χ3n) is 2.87. The lowest BCUT2D eigenvalue weighted by Gasteiger charge is -2.28. The average Bonchev–Trinajstić information content (AvgIpc) is 2.49. The van der Waals surface area contributed by atoms with Crippen LogP contribution in [0.4, 0.5) is 5.95 Å².